The molecule has 0 saturated carbocycles. The van der Waals surface area contributed by atoms with E-state index in [-0.39, 0.29) is 18.8 Å². The number of hydrogen-bond donors (Lipinski definition) is 2. The molecule has 5 heteroatoms. The van der Waals surface area contributed by atoms with Gasteiger partial charge in [0.15, 0.2) is 0 Å². The monoisotopic (exact) mass is 244 g/mol. The Bertz CT molecular complexity index is 252. The lowest BCUT2D eigenvalue weighted by molar-refractivity contribution is -0.127. The highest BCUT2D eigenvalue weighted by atomic mass is 16.5. The molecule has 0 aliphatic carbocycles. The maximum atomic E-state index is 11.4. The van der Waals surface area contributed by atoms with Gasteiger partial charge in [-0.25, -0.2) is 0 Å². The highest BCUT2D eigenvalue weighted by Gasteiger charge is 2.32. The molecule has 1 amide bonds. The van der Waals surface area contributed by atoms with Gasteiger partial charge >= 0.3 is 0 Å². The van der Waals surface area contributed by atoms with E-state index in [0.717, 1.165) is 19.4 Å². The highest BCUT2D eigenvalue weighted by molar-refractivity contribution is 5.84. The second-order valence-electron chi connectivity index (χ2n) is 5.15. The van der Waals surface area contributed by atoms with Gasteiger partial charge in [-0.1, -0.05) is 0 Å². The van der Waals surface area contributed by atoms with Crippen LogP contribution in [0.3, 0.4) is 0 Å². The lowest BCUT2D eigenvalue weighted by Crippen LogP contribution is -2.58. The standard InChI is InChI=1S/C12H24N2O3/c1-9(2)14-12(3,11(13)15)8-16-7-10-5-4-6-17-10/h9-10,14H,4-8H2,1-3H3,(H2,13,15). The fraction of sp³-hybridized carbons (Fsp3) is 0.917. The summed E-state index contributed by atoms with van der Waals surface area (Å²) in [5.41, 5.74) is 4.59. The Balaban J connectivity index is 2.35. The summed E-state index contributed by atoms with van der Waals surface area (Å²) in [5.74, 6) is -0.390. The molecule has 1 aliphatic rings. The van der Waals surface area contributed by atoms with Crippen LogP contribution in [0.25, 0.3) is 0 Å². The molecule has 1 fully saturated rings. The first kappa shape index (κ1) is 14.4. The third-order valence-electron chi connectivity index (χ3n) is 2.87. The van der Waals surface area contributed by atoms with Crippen LogP contribution < -0.4 is 11.1 Å². The van der Waals surface area contributed by atoms with Gasteiger partial charge in [-0.05, 0) is 33.6 Å². The van der Waals surface area contributed by atoms with Crippen molar-refractivity contribution in [1.82, 2.24) is 5.32 Å². The average molecular weight is 244 g/mol. The van der Waals surface area contributed by atoms with Crippen molar-refractivity contribution < 1.29 is 14.3 Å². The summed E-state index contributed by atoms with van der Waals surface area (Å²) in [5, 5.41) is 3.14. The molecule has 17 heavy (non-hydrogen) atoms. The number of rotatable bonds is 7. The van der Waals surface area contributed by atoms with Crippen LogP contribution in [-0.2, 0) is 14.3 Å². The van der Waals surface area contributed by atoms with E-state index in [2.05, 4.69) is 5.32 Å². The minimum Gasteiger partial charge on any atom is -0.376 e. The topological polar surface area (TPSA) is 73.6 Å². The number of carbonyl (C=O) groups excluding carboxylic acids is 1. The van der Waals surface area contributed by atoms with Gasteiger partial charge in [0.05, 0.1) is 19.3 Å². The number of ether oxygens (including phenoxy) is 2. The van der Waals surface area contributed by atoms with Gasteiger partial charge in [0.1, 0.15) is 5.54 Å². The zero-order valence-electron chi connectivity index (χ0n) is 11.0. The number of nitrogens with one attached hydrogen (secondary N) is 1. The molecule has 0 aromatic carbocycles. The molecular formula is C12H24N2O3. The van der Waals surface area contributed by atoms with Gasteiger partial charge in [-0.2, -0.15) is 0 Å². The van der Waals surface area contributed by atoms with Gasteiger partial charge in [-0.3, -0.25) is 10.1 Å². The summed E-state index contributed by atoms with van der Waals surface area (Å²) in [6, 6.07) is 0.179. The predicted molar refractivity (Wildman–Crippen MR) is 65.7 cm³/mol. The van der Waals surface area contributed by atoms with Crippen LogP contribution in [0, 0.1) is 0 Å². The van der Waals surface area contributed by atoms with Crippen molar-refractivity contribution in [2.75, 3.05) is 19.8 Å². The van der Waals surface area contributed by atoms with Crippen LogP contribution >= 0.6 is 0 Å². The lowest BCUT2D eigenvalue weighted by atomic mass is 10.0. The first-order valence-corrected chi connectivity index (χ1v) is 6.21. The van der Waals surface area contributed by atoms with E-state index in [1.54, 1.807) is 6.92 Å². The largest absolute Gasteiger partial charge is 0.376 e. The molecule has 0 aromatic heterocycles. The minimum absolute atomic E-state index is 0.172. The van der Waals surface area contributed by atoms with Crippen LogP contribution in [0.15, 0.2) is 0 Å². The third kappa shape index (κ3) is 4.61. The quantitative estimate of drug-likeness (QED) is 0.681. The van der Waals surface area contributed by atoms with E-state index in [1.807, 2.05) is 13.8 Å². The summed E-state index contributed by atoms with van der Waals surface area (Å²) in [6.07, 6.45) is 2.29. The van der Waals surface area contributed by atoms with Crippen molar-refractivity contribution in [3.8, 4) is 0 Å². The van der Waals surface area contributed by atoms with Crippen molar-refractivity contribution in [3.05, 3.63) is 0 Å². The molecule has 0 bridgehead atoms. The van der Waals surface area contributed by atoms with Crippen LogP contribution in [0.5, 0.6) is 0 Å². The summed E-state index contributed by atoms with van der Waals surface area (Å²) < 4.78 is 11.0. The molecule has 5 nitrogen and oxygen atoms in total. The molecule has 0 radical (unpaired) electrons. The summed E-state index contributed by atoms with van der Waals surface area (Å²) >= 11 is 0. The number of carbonyl (C=O) groups is 1. The van der Waals surface area contributed by atoms with Crippen molar-refractivity contribution in [3.63, 3.8) is 0 Å². The van der Waals surface area contributed by atoms with Crippen LogP contribution in [-0.4, -0.2) is 43.4 Å². The first-order chi connectivity index (χ1) is 7.94. The summed E-state index contributed by atoms with van der Waals surface area (Å²) in [6.45, 7) is 7.34. The fourth-order valence-corrected chi connectivity index (χ4v) is 1.99. The molecule has 0 aromatic rings. The second kappa shape index (κ2) is 6.33. The van der Waals surface area contributed by atoms with E-state index in [9.17, 15) is 4.79 Å². The van der Waals surface area contributed by atoms with E-state index in [1.165, 1.54) is 0 Å². The third-order valence-corrected chi connectivity index (χ3v) is 2.87. The van der Waals surface area contributed by atoms with Gasteiger partial charge in [0, 0.05) is 12.6 Å². The smallest absolute Gasteiger partial charge is 0.239 e. The van der Waals surface area contributed by atoms with Crippen molar-refractivity contribution in [1.29, 1.82) is 0 Å². The lowest BCUT2D eigenvalue weighted by Gasteiger charge is -2.29. The van der Waals surface area contributed by atoms with Gasteiger partial charge < -0.3 is 15.2 Å². The van der Waals surface area contributed by atoms with Gasteiger partial charge in [0.25, 0.3) is 0 Å². The molecule has 1 aliphatic heterocycles. The molecule has 1 rings (SSSR count). The number of nitrogens with two attached hydrogens (primary N) is 1. The molecule has 3 N–H and O–H groups in total. The van der Waals surface area contributed by atoms with Crippen LogP contribution in [0.2, 0.25) is 0 Å². The van der Waals surface area contributed by atoms with Crippen LogP contribution in [0.4, 0.5) is 0 Å². The van der Waals surface area contributed by atoms with Crippen molar-refractivity contribution >= 4 is 5.91 Å². The van der Waals surface area contributed by atoms with E-state index in [4.69, 9.17) is 15.2 Å². The highest BCUT2D eigenvalue weighted by Crippen LogP contribution is 2.13. The molecule has 1 saturated heterocycles. The Kier molecular flexibility index (Phi) is 5.36. The molecule has 2 unspecified atom stereocenters. The minimum atomic E-state index is -0.813. The first-order valence-electron chi connectivity index (χ1n) is 6.21. The predicted octanol–water partition coefficient (Wildman–Crippen LogP) is 0.424. The molecule has 2 atom stereocenters. The van der Waals surface area contributed by atoms with Crippen LogP contribution in [0.1, 0.15) is 33.6 Å². The SMILES string of the molecule is CC(C)NC(C)(COCC1CCCO1)C(N)=O. The Labute approximate surface area is 103 Å². The Hall–Kier alpha value is -0.650. The zero-order chi connectivity index (χ0) is 12.9. The van der Waals surface area contributed by atoms with E-state index >= 15 is 0 Å². The zero-order valence-corrected chi connectivity index (χ0v) is 11.0. The van der Waals surface area contributed by atoms with E-state index < -0.39 is 11.4 Å². The second-order valence-corrected chi connectivity index (χ2v) is 5.15. The molecule has 0 spiro atoms. The average Bonchev–Trinajstić information content (AvgIpc) is 2.69. The van der Waals surface area contributed by atoms with Crippen molar-refractivity contribution in [2.24, 2.45) is 5.73 Å². The normalized spacial score (nSPS) is 23.9. The Morgan fingerprint density at radius 3 is 2.82 bits per heavy atom. The molecular weight excluding hydrogens is 220 g/mol. The maximum Gasteiger partial charge on any atom is 0.239 e. The number of hydrogen-bond acceptors (Lipinski definition) is 4. The molecule has 100 valence electrons. The maximum absolute atomic E-state index is 11.4. The Morgan fingerprint density at radius 2 is 2.35 bits per heavy atom. The van der Waals surface area contributed by atoms with Gasteiger partial charge in [-0.15, -0.1) is 0 Å². The summed E-state index contributed by atoms with van der Waals surface area (Å²) in [4.78, 5) is 11.4. The Morgan fingerprint density at radius 1 is 1.65 bits per heavy atom. The summed E-state index contributed by atoms with van der Waals surface area (Å²) in [7, 11) is 0. The van der Waals surface area contributed by atoms with E-state index in [0.29, 0.717) is 6.61 Å². The number of amides is 1. The molecule has 1 heterocycles. The fourth-order valence-electron chi connectivity index (χ4n) is 1.99. The van der Waals surface area contributed by atoms with Crippen molar-refractivity contribution in [2.45, 2.75) is 51.3 Å². The number of primary amides is 1. The van der Waals surface area contributed by atoms with Gasteiger partial charge in [0.2, 0.25) is 5.91 Å².